The van der Waals surface area contributed by atoms with E-state index in [9.17, 15) is 4.79 Å². The highest BCUT2D eigenvalue weighted by atomic mass is 35.5. The molecule has 0 bridgehead atoms. The molecule has 0 saturated carbocycles. The molecule has 1 N–H and O–H groups in total. The molecule has 0 unspecified atom stereocenters. The molecular weight excluding hydrogens is 401 g/mol. The molecule has 0 spiro atoms. The van der Waals surface area contributed by atoms with Gasteiger partial charge in [-0.2, -0.15) is 0 Å². The van der Waals surface area contributed by atoms with Crippen molar-refractivity contribution >= 4 is 46.4 Å². The fourth-order valence-electron chi connectivity index (χ4n) is 2.49. The molecule has 5 nitrogen and oxygen atoms in total. The van der Waals surface area contributed by atoms with E-state index >= 15 is 0 Å². The van der Waals surface area contributed by atoms with Gasteiger partial charge in [0, 0.05) is 16.8 Å². The fourth-order valence-corrected chi connectivity index (χ4v) is 3.31. The van der Waals surface area contributed by atoms with Crippen molar-refractivity contribution in [1.82, 2.24) is 0 Å². The van der Waals surface area contributed by atoms with Crippen molar-refractivity contribution in [3.63, 3.8) is 0 Å². The summed E-state index contributed by atoms with van der Waals surface area (Å²) in [5.41, 5.74) is 1.87. The summed E-state index contributed by atoms with van der Waals surface area (Å²) in [6, 6.07) is 5.16. The third-order valence-electron chi connectivity index (χ3n) is 3.89. The summed E-state index contributed by atoms with van der Waals surface area (Å²) < 4.78 is 16.5. The van der Waals surface area contributed by atoms with E-state index in [-0.39, 0.29) is 28.3 Å². The molecule has 0 saturated heterocycles. The SMILES string of the molecule is Cc1c(Cl)c(C)c(Cl)c(OCC(=O)Nc2ccc3c(c2)OCCO3)c1Cl. The van der Waals surface area contributed by atoms with Crippen LogP contribution in [0, 0.1) is 13.8 Å². The molecule has 2 aromatic carbocycles. The van der Waals surface area contributed by atoms with Crippen molar-refractivity contribution in [3.05, 3.63) is 44.4 Å². The first-order valence-electron chi connectivity index (χ1n) is 7.84. The minimum atomic E-state index is -0.362. The van der Waals surface area contributed by atoms with E-state index in [1.165, 1.54) is 0 Å². The van der Waals surface area contributed by atoms with E-state index in [0.717, 1.165) is 0 Å². The van der Waals surface area contributed by atoms with Crippen LogP contribution in [0.25, 0.3) is 0 Å². The maximum Gasteiger partial charge on any atom is 0.262 e. The Balaban J connectivity index is 1.68. The van der Waals surface area contributed by atoms with Crippen molar-refractivity contribution in [2.24, 2.45) is 0 Å². The fraction of sp³-hybridized carbons (Fsp3) is 0.278. The van der Waals surface area contributed by atoms with E-state index in [1.54, 1.807) is 32.0 Å². The molecule has 1 heterocycles. The lowest BCUT2D eigenvalue weighted by Gasteiger charge is -2.19. The van der Waals surface area contributed by atoms with Crippen molar-refractivity contribution in [2.75, 3.05) is 25.1 Å². The highest BCUT2D eigenvalue weighted by molar-refractivity contribution is 6.42. The van der Waals surface area contributed by atoms with Gasteiger partial charge in [-0.15, -0.1) is 0 Å². The van der Waals surface area contributed by atoms with Crippen LogP contribution in [0.15, 0.2) is 18.2 Å². The Hall–Kier alpha value is -1.82. The average Bonchev–Trinajstić information content (AvgIpc) is 2.64. The monoisotopic (exact) mass is 415 g/mol. The number of halogens is 3. The zero-order chi connectivity index (χ0) is 18.8. The third-order valence-corrected chi connectivity index (χ3v) is 5.37. The van der Waals surface area contributed by atoms with Gasteiger partial charge in [-0.05, 0) is 37.1 Å². The van der Waals surface area contributed by atoms with Gasteiger partial charge >= 0.3 is 0 Å². The number of rotatable bonds is 4. The molecule has 0 fully saturated rings. The highest BCUT2D eigenvalue weighted by Crippen LogP contribution is 2.42. The summed E-state index contributed by atoms with van der Waals surface area (Å²) in [5.74, 6) is 1.12. The number of hydrogen-bond donors (Lipinski definition) is 1. The van der Waals surface area contributed by atoms with Crippen LogP contribution < -0.4 is 19.5 Å². The number of carbonyl (C=O) groups excluding carboxylic acids is 1. The Morgan fingerprint density at radius 1 is 1.04 bits per heavy atom. The van der Waals surface area contributed by atoms with Crippen LogP contribution in [0.5, 0.6) is 17.2 Å². The molecule has 0 aliphatic carbocycles. The molecule has 1 amide bonds. The maximum absolute atomic E-state index is 12.2. The van der Waals surface area contributed by atoms with Crippen LogP contribution in [-0.2, 0) is 4.79 Å². The standard InChI is InChI=1S/C18H16Cl3NO4/c1-9-15(19)10(2)17(21)18(16(9)20)26-8-14(23)22-11-3-4-12-13(7-11)25-6-5-24-12/h3-4,7H,5-6,8H2,1-2H3,(H,22,23). The minimum absolute atomic E-state index is 0.241. The lowest BCUT2D eigenvalue weighted by Crippen LogP contribution is -2.21. The number of amides is 1. The summed E-state index contributed by atoms with van der Waals surface area (Å²) in [6.45, 7) is 4.24. The van der Waals surface area contributed by atoms with E-state index in [4.69, 9.17) is 49.0 Å². The lowest BCUT2D eigenvalue weighted by atomic mass is 10.1. The van der Waals surface area contributed by atoms with Crippen molar-refractivity contribution in [1.29, 1.82) is 0 Å². The van der Waals surface area contributed by atoms with Gasteiger partial charge in [-0.1, -0.05) is 34.8 Å². The molecule has 0 atom stereocenters. The lowest BCUT2D eigenvalue weighted by molar-refractivity contribution is -0.118. The van der Waals surface area contributed by atoms with Gasteiger partial charge in [0.2, 0.25) is 0 Å². The summed E-state index contributed by atoms with van der Waals surface area (Å²) in [5, 5.41) is 3.79. The van der Waals surface area contributed by atoms with Gasteiger partial charge < -0.3 is 19.5 Å². The van der Waals surface area contributed by atoms with E-state index in [0.29, 0.717) is 46.5 Å². The number of carbonyl (C=O) groups is 1. The van der Waals surface area contributed by atoms with Crippen LogP contribution in [0.1, 0.15) is 11.1 Å². The molecule has 26 heavy (non-hydrogen) atoms. The highest BCUT2D eigenvalue weighted by Gasteiger charge is 2.19. The second kappa shape index (κ2) is 7.82. The molecular formula is C18H16Cl3NO4. The normalized spacial score (nSPS) is 12.7. The summed E-state index contributed by atoms with van der Waals surface area (Å²) >= 11 is 18.6. The van der Waals surface area contributed by atoms with E-state index in [1.807, 2.05) is 0 Å². The Bertz CT molecular complexity index is 841. The molecule has 1 aliphatic rings. The van der Waals surface area contributed by atoms with Crippen LogP contribution in [0.4, 0.5) is 5.69 Å². The predicted molar refractivity (Wildman–Crippen MR) is 103 cm³/mol. The molecule has 0 aromatic heterocycles. The van der Waals surface area contributed by atoms with Crippen molar-refractivity contribution in [3.8, 4) is 17.2 Å². The molecule has 2 aromatic rings. The van der Waals surface area contributed by atoms with Gasteiger partial charge in [0.15, 0.2) is 23.9 Å². The second-order valence-corrected chi connectivity index (χ2v) is 6.85. The summed E-state index contributed by atoms with van der Waals surface area (Å²) in [7, 11) is 0. The van der Waals surface area contributed by atoms with Gasteiger partial charge in [0.25, 0.3) is 5.91 Å². The molecule has 138 valence electrons. The molecule has 1 aliphatic heterocycles. The van der Waals surface area contributed by atoms with Crippen LogP contribution in [0.2, 0.25) is 15.1 Å². The van der Waals surface area contributed by atoms with Crippen molar-refractivity contribution in [2.45, 2.75) is 13.8 Å². The third kappa shape index (κ3) is 3.80. The Morgan fingerprint density at radius 3 is 2.31 bits per heavy atom. The number of fused-ring (bicyclic) bond motifs is 1. The number of nitrogens with one attached hydrogen (secondary N) is 1. The first kappa shape index (κ1) is 19.0. The first-order chi connectivity index (χ1) is 12.4. The van der Waals surface area contributed by atoms with Crippen LogP contribution >= 0.6 is 34.8 Å². The molecule has 8 heteroatoms. The number of ether oxygens (including phenoxy) is 3. The van der Waals surface area contributed by atoms with E-state index in [2.05, 4.69) is 5.32 Å². The smallest absolute Gasteiger partial charge is 0.262 e. The van der Waals surface area contributed by atoms with Gasteiger partial charge in [0.05, 0.1) is 10.0 Å². The topological polar surface area (TPSA) is 56.8 Å². The molecule has 0 radical (unpaired) electrons. The Morgan fingerprint density at radius 2 is 1.65 bits per heavy atom. The van der Waals surface area contributed by atoms with Crippen LogP contribution in [-0.4, -0.2) is 25.7 Å². The van der Waals surface area contributed by atoms with E-state index < -0.39 is 0 Å². The molecule has 3 rings (SSSR count). The quantitative estimate of drug-likeness (QED) is 0.757. The number of anilines is 1. The first-order valence-corrected chi connectivity index (χ1v) is 8.97. The maximum atomic E-state index is 12.2. The number of benzene rings is 2. The zero-order valence-electron chi connectivity index (χ0n) is 14.1. The Labute approximate surface area is 166 Å². The minimum Gasteiger partial charge on any atom is -0.486 e. The summed E-state index contributed by atoms with van der Waals surface area (Å²) in [4.78, 5) is 12.2. The summed E-state index contributed by atoms with van der Waals surface area (Å²) in [6.07, 6.45) is 0. The second-order valence-electron chi connectivity index (χ2n) is 5.72. The zero-order valence-corrected chi connectivity index (χ0v) is 16.4. The van der Waals surface area contributed by atoms with Crippen LogP contribution in [0.3, 0.4) is 0 Å². The predicted octanol–water partition coefficient (Wildman–Crippen LogP) is 5.05. The average molecular weight is 417 g/mol. The Kier molecular flexibility index (Phi) is 5.70. The largest absolute Gasteiger partial charge is 0.486 e. The van der Waals surface area contributed by atoms with Gasteiger partial charge in [0.1, 0.15) is 13.2 Å². The number of hydrogen-bond acceptors (Lipinski definition) is 4. The van der Waals surface area contributed by atoms with Gasteiger partial charge in [-0.3, -0.25) is 4.79 Å². The van der Waals surface area contributed by atoms with Crippen molar-refractivity contribution < 1.29 is 19.0 Å². The van der Waals surface area contributed by atoms with Gasteiger partial charge in [-0.25, -0.2) is 0 Å².